The molecular weight excluding hydrogens is 344 g/mol. The number of anilines is 1. The Morgan fingerprint density at radius 2 is 1.85 bits per heavy atom. The maximum absolute atomic E-state index is 12.3. The van der Waals surface area contributed by atoms with Crippen molar-refractivity contribution in [3.8, 4) is 0 Å². The summed E-state index contributed by atoms with van der Waals surface area (Å²) in [5, 5.41) is 2.90. The van der Waals surface area contributed by atoms with E-state index in [4.69, 9.17) is 0 Å². The first-order valence-electron chi connectivity index (χ1n) is 8.72. The van der Waals surface area contributed by atoms with Crippen LogP contribution in [-0.4, -0.2) is 36.1 Å². The second-order valence-corrected chi connectivity index (χ2v) is 7.38. The van der Waals surface area contributed by atoms with Crippen LogP contribution >= 0.6 is 11.8 Å². The van der Waals surface area contributed by atoms with Crippen molar-refractivity contribution in [1.82, 2.24) is 4.90 Å². The lowest BCUT2D eigenvalue weighted by atomic mass is 10.1. The van der Waals surface area contributed by atoms with Crippen molar-refractivity contribution in [2.45, 2.75) is 32.1 Å². The normalized spacial score (nSPS) is 10.5. The molecule has 0 aromatic heterocycles. The predicted octanol–water partition coefficient (Wildman–Crippen LogP) is 4.06. The minimum Gasteiger partial charge on any atom is -0.336 e. The Labute approximate surface area is 160 Å². The van der Waals surface area contributed by atoms with Gasteiger partial charge in [-0.3, -0.25) is 9.59 Å². The van der Waals surface area contributed by atoms with Gasteiger partial charge in [0.2, 0.25) is 11.8 Å². The average Bonchev–Trinajstić information content (AvgIpc) is 2.62. The maximum Gasteiger partial charge on any atom is 0.243 e. The molecule has 0 spiro atoms. The van der Waals surface area contributed by atoms with Crippen molar-refractivity contribution in [2.75, 3.05) is 24.7 Å². The Hall–Kier alpha value is -2.27. The van der Waals surface area contributed by atoms with Gasteiger partial charge in [-0.05, 0) is 43.5 Å². The number of benzene rings is 2. The summed E-state index contributed by atoms with van der Waals surface area (Å²) < 4.78 is 0. The second kappa shape index (κ2) is 9.43. The van der Waals surface area contributed by atoms with Gasteiger partial charge < -0.3 is 10.2 Å². The molecule has 0 radical (unpaired) electrons. The van der Waals surface area contributed by atoms with Gasteiger partial charge in [-0.1, -0.05) is 42.8 Å². The minimum absolute atomic E-state index is 0.0459. The molecule has 0 fully saturated rings. The van der Waals surface area contributed by atoms with Crippen LogP contribution in [-0.2, 0) is 16.0 Å². The molecule has 0 unspecified atom stereocenters. The smallest absolute Gasteiger partial charge is 0.243 e. The summed E-state index contributed by atoms with van der Waals surface area (Å²) in [6.07, 6.45) is 0.845. The summed E-state index contributed by atoms with van der Waals surface area (Å²) in [5.74, 6) is 0.0768. The van der Waals surface area contributed by atoms with E-state index in [1.165, 1.54) is 22.2 Å². The molecule has 0 saturated carbocycles. The molecule has 0 aliphatic heterocycles. The fourth-order valence-electron chi connectivity index (χ4n) is 2.56. The predicted molar refractivity (Wildman–Crippen MR) is 109 cm³/mol. The van der Waals surface area contributed by atoms with Crippen LogP contribution in [0.3, 0.4) is 0 Å². The summed E-state index contributed by atoms with van der Waals surface area (Å²) in [6, 6.07) is 13.9. The van der Waals surface area contributed by atoms with E-state index in [2.05, 4.69) is 23.5 Å². The SMILES string of the molecule is CCc1ccccc1NC(=O)CN(C)C(=O)CSc1cc(C)ccc1C. The van der Waals surface area contributed by atoms with Gasteiger partial charge in [0.1, 0.15) is 0 Å². The molecule has 0 bridgehead atoms. The molecular formula is C21H26N2O2S. The summed E-state index contributed by atoms with van der Waals surface area (Å²) in [6.45, 7) is 6.17. The van der Waals surface area contributed by atoms with Crippen molar-refractivity contribution in [2.24, 2.45) is 0 Å². The van der Waals surface area contributed by atoms with Gasteiger partial charge >= 0.3 is 0 Å². The molecule has 0 atom stereocenters. The van der Waals surface area contributed by atoms with Crippen LogP contribution in [0.25, 0.3) is 0 Å². The summed E-state index contributed by atoms with van der Waals surface area (Å²) in [7, 11) is 1.66. The molecule has 26 heavy (non-hydrogen) atoms. The molecule has 4 nitrogen and oxygen atoms in total. The van der Waals surface area contributed by atoms with E-state index >= 15 is 0 Å². The first-order chi connectivity index (χ1) is 12.4. The van der Waals surface area contributed by atoms with Gasteiger partial charge in [-0.25, -0.2) is 0 Å². The Kier molecular flexibility index (Phi) is 7.27. The molecule has 138 valence electrons. The number of carbonyl (C=O) groups excluding carboxylic acids is 2. The van der Waals surface area contributed by atoms with Gasteiger partial charge in [-0.2, -0.15) is 0 Å². The third-order valence-electron chi connectivity index (χ3n) is 4.17. The van der Waals surface area contributed by atoms with Crippen molar-refractivity contribution in [1.29, 1.82) is 0 Å². The zero-order chi connectivity index (χ0) is 19.1. The van der Waals surface area contributed by atoms with Crippen LogP contribution in [0.1, 0.15) is 23.6 Å². The first-order valence-corrected chi connectivity index (χ1v) is 9.71. The highest BCUT2D eigenvalue weighted by molar-refractivity contribution is 8.00. The lowest BCUT2D eigenvalue weighted by Gasteiger charge is -2.18. The van der Waals surface area contributed by atoms with E-state index in [0.717, 1.165) is 28.1 Å². The highest BCUT2D eigenvalue weighted by Gasteiger charge is 2.14. The number of carbonyl (C=O) groups is 2. The maximum atomic E-state index is 12.3. The highest BCUT2D eigenvalue weighted by Crippen LogP contribution is 2.23. The fraction of sp³-hybridized carbons (Fsp3) is 0.333. The number of amides is 2. The molecule has 2 rings (SSSR count). The molecule has 2 amide bonds. The number of aryl methyl sites for hydroxylation is 3. The standard InChI is InChI=1S/C21H26N2O2S/c1-5-17-8-6-7-9-18(17)22-20(24)13-23(4)21(25)14-26-19-12-15(2)10-11-16(19)3/h6-12H,5,13-14H2,1-4H3,(H,22,24). The highest BCUT2D eigenvalue weighted by atomic mass is 32.2. The zero-order valence-electron chi connectivity index (χ0n) is 15.8. The quantitative estimate of drug-likeness (QED) is 0.748. The Balaban J connectivity index is 1.88. The number of rotatable bonds is 7. The molecule has 5 heteroatoms. The van der Waals surface area contributed by atoms with Crippen molar-refractivity contribution in [3.63, 3.8) is 0 Å². The molecule has 0 aliphatic rings. The molecule has 0 aliphatic carbocycles. The van der Waals surface area contributed by atoms with E-state index in [1.54, 1.807) is 7.05 Å². The molecule has 2 aromatic rings. The molecule has 1 N–H and O–H groups in total. The van der Waals surface area contributed by atoms with Crippen LogP contribution in [0.4, 0.5) is 5.69 Å². The van der Waals surface area contributed by atoms with E-state index < -0.39 is 0 Å². The monoisotopic (exact) mass is 370 g/mol. The third kappa shape index (κ3) is 5.63. The number of nitrogens with one attached hydrogen (secondary N) is 1. The average molecular weight is 371 g/mol. The zero-order valence-corrected chi connectivity index (χ0v) is 16.7. The van der Waals surface area contributed by atoms with E-state index in [0.29, 0.717) is 5.75 Å². The number of nitrogens with zero attached hydrogens (tertiary/aromatic N) is 1. The summed E-state index contributed by atoms with van der Waals surface area (Å²) in [4.78, 5) is 27.2. The van der Waals surface area contributed by atoms with Crippen LogP contribution in [0.2, 0.25) is 0 Å². The number of hydrogen-bond donors (Lipinski definition) is 1. The lowest BCUT2D eigenvalue weighted by Crippen LogP contribution is -2.36. The van der Waals surface area contributed by atoms with E-state index in [9.17, 15) is 9.59 Å². The largest absolute Gasteiger partial charge is 0.336 e. The second-order valence-electron chi connectivity index (χ2n) is 6.37. The summed E-state index contributed by atoms with van der Waals surface area (Å²) >= 11 is 1.51. The van der Waals surface area contributed by atoms with Gasteiger partial charge in [0.25, 0.3) is 0 Å². The van der Waals surface area contributed by atoms with Gasteiger partial charge in [0, 0.05) is 17.6 Å². The number of likely N-dealkylation sites (N-methyl/N-ethyl adjacent to an activating group) is 1. The Morgan fingerprint density at radius 1 is 1.12 bits per heavy atom. The van der Waals surface area contributed by atoms with Crippen LogP contribution in [0, 0.1) is 13.8 Å². The minimum atomic E-state index is -0.182. The van der Waals surface area contributed by atoms with Crippen molar-refractivity contribution >= 4 is 29.3 Å². The fourth-order valence-corrected chi connectivity index (χ4v) is 3.62. The summed E-state index contributed by atoms with van der Waals surface area (Å²) in [5.41, 5.74) is 4.23. The third-order valence-corrected chi connectivity index (χ3v) is 5.32. The first kappa shape index (κ1) is 20.0. The topological polar surface area (TPSA) is 49.4 Å². The lowest BCUT2D eigenvalue weighted by molar-refractivity contribution is -0.131. The molecule has 0 saturated heterocycles. The van der Waals surface area contributed by atoms with Gasteiger partial charge in [0.05, 0.1) is 12.3 Å². The molecule has 2 aromatic carbocycles. The Morgan fingerprint density at radius 3 is 2.58 bits per heavy atom. The van der Waals surface area contributed by atoms with Gasteiger partial charge in [-0.15, -0.1) is 11.8 Å². The molecule has 0 heterocycles. The van der Waals surface area contributed by atoms with Crippen LogP contribution < -0.4 is 5.32 Å². The van der Waals surface area contributed by atoms with E-state index in [1.807, 2.05) is 45.0 Å². The van der Waals surface area contributed by atoms with Crippen LogP contribution in [0.15, 0.2) is 47.4 Å². The van der Waals surface area contributed by atoms with Crippen LogP contribution in [0.5, 0.6) is 0 Å². The Bertz CT molecular complexity index is 789. The van der Waals surface area contributed by atoms with Crippen molar-refractivity contribution in [3.05, 3.63) is 59.2 Å². The van der Waals surface area contributed by atoms with E-state index in [-0.39, 0.29) is 18.4 Å². The number of thioether (sulfide) groups is 1. The number of hydrogen-bond acceptors (Lipinski definition) is 3. The van der Waals surface area contributed by atoms with Gasteiger partial charge in [0.15, 0.2) is 0 Å². The number of para-hydroxylation sites is 1. The van der Waals surface area contributed by atoms with Crippen molar-refractivity contribution < 1.29 is 9.59 Å².